The van der Waals surface area contributed by atoms with Gasteiger partial charge in [-0.25, -0.2) is 4.68 Å². The molecule has 0 saturated carbocycles. The van der Waals surface area contributed by atoms with Gasteiger partial charge in [0.2, 0.25) is 0 Å². The molecule has 0 radical (unpaired) electrons. The average Bonchev–Trinajstić information content (AvgIpc) is 3.05. The molecule has 128 valence electrons. The maximum absolute atomic E-state index is 12.8. The van der Waals surface area contributed by atoms with Crippen molar-refractivity contribution < 1.29 is 23.1 Å². The molecule has 1 N–H and O–H groups in total. The lowest BCUT2D eigenvalue weighted by atomic mass is 9.90. The number of benzene rings is 1. The minimum absolute atomic E-state index is 0.160. The van der Waals surface area contributed by atoms with E-state index in [9.17, 15) is 23.1 Å². The number of likely N-dealkylation sites (tertiary alicyclic amines) is 1. The van der Waals surface area contributed by atoms with Gasteiger partial charge in [0.05, 0.1) is 5.69 Å². The highest BCUT2D eigenvalue weighted by atomic mass is 19.4. The Bertz CT molecular complexity index is 720. The van der Waals surface area contributed by atoms with Gasteiger partial charge in [-0.15, -0.1) is 0 Å². The molecule has 2 heterocycles. The van der Waals surface area contributed by atoms with Crippen molar-refractivity contribution in [1.29, 1.82) is 0 Å². The van der Waals surface area contributed by atoms with E-state index in [0.717, 1.165) is 5.69 Å². The molecule has 1 fully saturated rings. The SMILES string of the molecule is O=C(c1ccn(-c2ccccc2)n1)N1CCC(O)(C(F)(F)F)CC1. The quantitative estimate of drug-likeness (QED) is 0.914. The molecule has 8 heteroatoms. The van der Waals surface area contributed by atoms with Crippen molar-refractivity contribution in [2.75, 3.05) is 13.1 Å². The van der Waals surface area contributed by atoms with Crippen LogP contribution in [-0.2, 0) is 0 Å². The molecule has 1 aliphatic heterocycles. The predicted molar refractivity (Wildman–Crippen MR) is 79.7 cm³/mol. The highest BCUT2D eigenvalue weighted by Gasteiger charge is 2.55. The second-order valence-electron chi connectivity index (χ2n) is 5.80. The van der Waals surface area contributed by atoms with E-state index < -0.39 is 30.5 Å². The van der Waals surface area contributed by atoms with E-state index in [-0.39, 0.29) is 18.8 Å². The number of alkyl halides is 3. The average molecular weight is 339 g/mol. The molecule has 2 aromatic rings. The van der Waals surface area contributed by atoms with Crippen LogP contribution in [0, 0.1) is 0 Å². The maximum Gasteiger partial charge on any atom is 0.417 e. The molecule has 1 aromatic heterocycles. The van der Waals surface area contributed by atoms with Gasteiger partial charge in [-0.3, -0.25) is 4.79 Å². The smallest absolute Gasteiger partial charge is 0.380 e. The van der Waals surface area contributed by atoms with Crippen LogP contribution in [0.15, 0.2) is 42.6 Å². The molecular formula is C16H16F3N3O2. The Morgan fingerprint density at radius 2 is 1.75 bits per heavy atom. The van der Waals surface area contributed by atoms with Crippen molar-refractivity contribution in [2.45, 2.75) is 24.6 Å². The Morgan fingerprint density at radius 3 is 2.33 bits per heavy atom. The second-order valence-corrected chi connectivity index (χ2v) is 5.80. The number of hydrogen-bond acceptors (Lipinski definition) is 3. The van der Waals surface area contributed by atoms with E-state index >= 15 is 0 Å². The first-order valence-electron chi connectivity index (χ1n) is 7.50. The Labute approximate surface area is 136 Å². The summed E-state index contributed by atoms with van der Waals surface area (Å²) in [6.07, 6.45) is -4.11. The van der Waals surface area contributed by atoms with Gasteiger partial charge in [0.25, 0.3) is 5.91 Å². The second kappa shape index (κ2) is 5.94. The largest absolute Gasteiger partial charge is 0.417 e. The number of aromatic nitrogens is 2. The summed E-state index contributed by atoms with van der Waals surface area (Å²) in [6, 6.07) is 10.7. The van der Waals surface area contributed by atoms with Crippen molar-refractivity contribution >= 4 is 5.91 Å². The predicted octanol–water partition coefficient (Wildman–Crippen LogP) is 2.40. The molecule has 1 aromatic carbocycles. The standard InChI is InChI=1S/C16H16F3N3O2/c17-16(18,19)15(24)7-10-21(11-8-15)14(23)13-6-9-22(20-13)12-4-2-1-3-5-12/h1-6,9,24H,7-8,10-11H2. The van der Waals surface area contributed by atoms with Crippen LogP contribution in [-0.4, -0.2) is 50.6 Å². The van der Waals surface area contributed by atoms with Gasteiger partial charge in [-0.2, -0.15) is 18.3 Å². The third-order valence-corrected chi connectivity index (χ3v) is 4.23. The van der Waals surface area contributed by atoms with Gasteiger partial charge < -0.3 is 10.0 Å². The molecular weight excluding hydrogens is 323 g/mol. The van der Waals surface area contributed by atoms with E-state index in [1.807, 2.05) is 30.3 Å². The van der Waals surface area contributed by atoms with Crippen molar-refractivity contribution in [1.82, 2.24) is 14.7 Å². The summed E-state index contributed by atoms with van der Waals surface area (Å²) in [7, 11) is 0. The highest BCUT2D eigenvalue weighted by Crippen LogP contribution is 2.38. The van der Waals surface area contributed by atoms with Gasteiger partial charge in [-0.05, 0) is 18.2 Å². The van der Waals surface area contributed by atoms with Crippen molar-refractivity contribution in [3.63, 3.8) is 0 Å². The van der Waals surface area contributed by atoms with E-state index in [2.05, 4.69) is 5.10 Å². The molecule has 0 atom stereocenters. The van der Waals surface area contributed by atoms with Crippen LogP contribution >= 0.6 is 0 Å². The molecule has 0 aliphatic carbocycles. The number of piperidine rings is 1. The van der Waals surface area contributed by atoms with Crippen molar-refractivity contribution in [2.24, 2.45) is 0 Å². The van der Waals surface area contributed by atoms with Crippen LogP contribution in [0.4, 0.5) is 13.2 Å². The monoisotopic (exact) mass is 339 g/mol. The van der Waals surface area contributed by atoms with Crippen molar-refractivity contribution in [3.8, 4) is 5.69 Å². The maximum atomic E-state index is 12.8. The van der Waals surface area contributed by atoms with Crippen LogP contribution in [0.2, 0.25) is 0 Å². The number of aliphatic hydroxyl groups is 1. The topological polar surface area (TPSA) is 58.4 Å². The Kier molecular flexibility index (Phi) is 4.08. The molecule has 1 amide bonds. The van der Waals surface area contributed by atoms with Gasteiger partial charge in [0.15, 0.2) is 11.3 Å². The number of carbonyl (C=O) groups excluding carboxylic acids is 1. The van der Waals surface area contributed by atoms with Crippen LogP contribution in [0.25, 0.3) is 5.69 Å². The number of amides is 1. The molecule has 0 bridgehead atoms. The van der Waals surface area contributed by atoms with Crippen LogP contribution < -0.4 is 0 Å². The molecule has 0 unspecified atom stereocenters. The molecule has 1 aliphatic rings. The lowest BCUT2D eigenvalue weighted by Gasteiger charge is -2.38. The lowest BCUT2D eigenvalue weighted by Crippen LogP contribution is -2.54. The van der Waals surface area contributed by atoms with Crippen molar-refractivity contribution in [3.05, 3.63) is 48.3 Å². The molecule has 5 nitrogen and oxygen atoms in total. The van der Waals surface area contributed by atoms with Gasteiger partial charge >= 0.3 is 6.18 Å². The third kappa shape index (κ3) is 3.01. The van der Waals surface area contributed by atoms with Gasteiger partial charge in [-0.1, -0.05) is 18.2 Å². The zero-order valence-corrected chi connectivity index (χ0v) is 12.7. The van der Waals surface area contributed by atoms with Crippen LogP contribution in [0.3, 0.4) is 0 Å². The Morgan fingerprint density at radius 1 is 1.12 bits per heavy atom. The number of rotatable bonds is 2. The molecule has 0 spiro atoms. The van der Waals surface area contributed by atoms with E-state index in [4.69, 9.17) is 0 Å². The number of nitrogens with zero attached hydrogens (tertiary/aromatic N) is 3. The number of halogens is 3. The number of carbonyl (C=O) groups is 1. The molecule has 1 saturated heterocycles. The van der Waals surface area contributed by atoms with E-state index in [1.54, 1.807) is 6.20 Å². The summed E-state index contributed by atoms with van der Waals surface area (Å²) >= 11 is 0. The summed E-state index contributed by atoms with van der Waals surface area (Å²) in [5, 5.41) is 13.8. The molecule has 24 heavy (non-hydrogen) atoms. The van der Waals surface area contributed by atoms with Crippen LogP contribution in [0.5, 0.6) is 0 Å². The summed E-state index contributed by atoms with van der Waals surface area (Å²) < 4.78 is 39.9. The zero-order valence-electron chi connectivity index (χ0n) is 12.7. The van der Waals surface area contributed by atoms with E-state index in [0.29, 0.717) is 0 Å². The minimum Gasteiger partial charge on any atom is -0.380 e. The third-order valence-electron chi connectivity index (χ3n) is 4.23. The Hall–Kier alpha value is -2.35. The summed E-state index contributed by atoms with van der Waals surface area (Å²) in [4.78, 5) is 13.7. The minimum atomic E-state index is -4.68. The summed E-state index contributed by atoms with van der Waals surface area (Å²) in [5.74, 6) is -0.436. The fourth-order valence-corrected chi connectivity index (χ4v) is 2.69. The normalized spacial score (nSPS) is 17.8. The number of para-hydroxylation sites is 1. The van der Waals surface area contributed by atoms with Crippen LogP contribution in [0.1, 0.15) is 23.3 Å². The van der Waals surface area contributed by atoms with E-state index in [1.165, 1.54) is 15.6 Å². The Balaban J connectivity index is 1.70. The van der Waals surface area contributed by atoms with Gasteiger partial charge in [0.1, 0.15) is 0 Å². The highest BCUT2D eigenvalue weighted by molar-refractivity contribution is 5.92. The summed E-state index contributed by atoms with van der Waals surface area (Å²) in [5.41, 5.74) is -1.77. The summed E-state index contributed by atoms with van der Waals surface area (Å²) in [6.45, 7) is -0.319. The van der Waals surface area contributed by atoms with Gasteiger partial charge in [0, 0.05) is 32.1 Å². The number of hydrogen-bond donors (Lipinski definition) is 1. The zero-order chi connectivity index (χ0) is 17.4. The first-order chi connectivity index (χ1) is 11.3. The fraction of sp³-hybridized carbons (Fsp3) is 0.375. The first-order valence-corrected chi connectivity index (χ1v) is 7.50. The fourth-order valence-electron chi connectivity index (χ4n) is 2.69. The first kappa shape index (κ1) is 16.5. The molecule has 3 rings (SSSR count). The lowest BCUT2D eigenvalue weighted by molar-refractivity contribution is -0.271.